The number of hydrogen-bond acceptors (Lipinski definition) is 6. The van der Waals surface area contributed by atoms with Crippen molar-refractivity contribution in [3.05, 3.63) is 76.3 Å². The first-order valence-corrected chi connectivity index (χ1v) is 12.6. The molecule has 2 bridgehead atoms. The molecule has 3 aliphatic heterocycles. The van der Waals surface area contributed by atoms with Gasteiger partial charge in [0.1, 0.15) is 0 Å². The Morgan fingerprint density at radius 3 is 2.69 bits per heavy atom. The number of pyridine rings is 1. The highest BCUT2D eigenvalue weighted by Crippen LogP contribution is 2.36. The van der Waals surface area contributed by atoms with Gasteiger partial charge in [-0.05, 0) is 43.0 Å². The Balaban J connectivity index is 1.35. The standard InChI is InChI=1S/C26H24Cl2N6O2/c1-36-21-9-8-19(28)24(30-21)25(35)34-14-16-3-10-22(34)32(13-16)15-20-23(17-4-6-18(27)7-5-17)31-26-29-11-2-12-33(20)26/h2,4-9,11-12,16,22H,3,10,13-15H2,1H3. The molecular formula is C26H24Cl2N6O2. The minimum atomic E-state index is -0.170. The molecule has 0 saturated carbocycles. The first-order valence-electron chi connectivity index (χ1n) is 11.9. The van der Waals surface area contributed by atoms with Crippen molar-refractivity contribution in [3.8, 4) is 17.1 Å². The Bertz CT molecular complexity index is 1440. The summed E-state index contributed by atoms with van der Waals surface area (Å²) in [6.07, 6.45) is 5.64. The third-order valence-electron chi connectivity index (χ3n) is 7.03. The average Bonchev–Trinajstić information content (AvgIpc) is 3.27. The predicted molar refractivity (Wildman–Crippen MR) is 137 cm³/mol. The Hall–Kier alpha value is -3.20. The number of aromatic nitrogens is 4. The van der Waals surface area contributed by atoms with Gasteiger partial charge in [0.2, 0.25) is 11.7 Å². The van der Waals surface area contributed by atoms with Gasteiger partial charge in [0, 0.05) is 48.7 Å². The summed E-state index contributed by atoms with van der Waals surface area (Å²) < 4.78 is 7.26. The third kappa shape index (κ3) is 4.09. The number of halogens is 2. The molecule has 7 rings (SSSR count). The minimum absolute atomic E-state index is 0.0631. The van der Waals surface area contributed by atoms with E-state index in [9.17, 15) is 4.79 Å². The van der Waals surface area contributed by atoms with Crippen LogP contribution in [0.3, 0.4) is 0 Å². The van der Waals surface area contributed by atoms with E-state index in [0.717, 1.165) is 36.3 Å². The van der Waals surface area contributed by atoms with Crippen LogP contribution in [-0.2, 0) is 6.54 Å². The van der Waals surface area contributed by atoms with Crippen molar-refractivity contribution >= 4 is 34.9 Å². The summed E-state index contributed by atoms with van der Waals surface area (Å²) in [4.78, 5) is 31.5. The molecule has 0 N–H and O–H groups in total. The fourth-order valence-electron chi connectivity index (χ4n) is 5.34. The van der Waals surface area contributed by atoms with Crippen molar-refractivity contribution < 1.29 is 9.53 Å². The molecule has 3 fully saturated rings. The van der Waals surface area contributed by atoms with Crippen molar-refractivity contribution in [2.75, 3.05) is 20.2 Å². The Kier molecular flexibility index (Phi) is 6.03. The van der Waals surface area contributed by atoms with E-state index in [-0.39, 0.29) is 17.8 Å². The van der Waals surface area contributed by atoms with Crippen LogP contribution < -0.4 is 4.74 Å². The van der Waals surface area contributed by atoms with E-state index < -0.39 is 0 Å². The summed E-state index contributed by atoms with van der Waals surface area (Å²) in [5, 5.41) is 1.00. The molecule has 2 unspecified atom stereocenters. The molecule has 1 aromatic carbocycles. The average molecular weight is 523 g/mol. The lowest BCUT2D eigenvalue weighted by Gasteiger charge is -2.51. The number of benzene rings is 1. The van der Waals surface area contributed by atoms with Gasteiger partial charge in [-0.2, -0.15) is 0 Å². The van der Waals surface area contributed by atoms with Crippen LogP contribution in [0, 0.1) is 5.92 Å². The maximum Gasteiger partial charge on any atom is 0.275 e. The van der Waals surface area contributed by atoms with Crippen molar-refractivity contribution in [1.82, 2.24) is 29.2 Å². The lowest BCUT2D eigenvalue weighted by Crippen LogP contribution is -2.62. The zero-order valence-corrected chi connectivity index (χ0v) is 21.2. The van der Waals surface area contributed by atoms with Gasteiger partial charge in [0.15, 0.2) is 5.69 Å². The van der Waals surface area contributed by atoms with Crippen LogP contribution in [0.4, 0.5) is 0 Å². The summed E-state index contributed by atoms with van der Waals surface area (Å²) in [6.45, 7) is 2.21. The maximum absolute atomic E-state index is 13.6. The molecule has 1 amide bonds. The van der Waals surface area contributed by atoms with Gasteiger partial charge < -0.3 is 9.64 Å². The number of fused-ring (bicyclic) bond motifs is 4. The van der Waals surface area contributed by atoms with Gasteiger partial charge in [-0.3, -0.25) is 14.1 Å². The molecule has 3 aromatic heterocycles. The molecule has 3 aliphatic rings. The number of hydrogen-bond donors (Lipinski definition) is 0. The summed E-state index contributed by atoms with van der Waals surface area (Å²) in [7, 11) is 1.53. The number of ether oxygens (including phenoxy) is 1. The van der Waals surface area contributed by atoms with E-state index in [1.54, 1.807) is 18.3 Å². The molecule has 0 radical (unpaired) electrons. The number of carbonyl (C=O) groups excluding carboxylic acids is 1. The third-order valence-corrected chi connectivity index (χ3v) is 7.59. The highest BCUT2D eigenvalue weighted by atomic mass is 35.5. The fourth-order valence-corrected chi connectivity index (χ4v) is 5.66. The molecule has 4 aromatic rings. The lowest BCUT2D eigenvalue weighted by molar-refractivity contribution is -0.0579. The van der Waals surface area contributed by atoms with Gasteiger partial charge in [-0.1, -0.05) is 35.3 Å². The molecular weight excluding hydrogens is 499 g/mol. The highest BCUT2D eigenvalue weighted by Gasteiger charge is 2.43. The molecule has 184 valence electrons. The first-order chi connectivity index (χ1) is 17.5. The van der Waals surface area contributed by atoms with Crippen molar-refractivity contribution in [2.24, 2.45) is 5.92 Å². The lowest BCUT2D eigenvalue weighted by atomic mass is 9.89. The number of piperidine rings is 2. The molecule has 0 spiro atoms. The molecule has 36 heavy (non-hydrogen) atoms. The second-order valence-electron chi connectivity index (χ2n) is 9.20. The van der Waals surface area contributed by atoms with E-state index in [0.29, 0.717) is 40.7 Å². The monoisotopic (exact) mass is 522 g/mol. The summed E-state index contributed by atoms with van der Waals surface area (Å²) >= 11 is 12.5. The van der Waals surface area contributed by atoms with Crippen molar-refractivity contribution in [1.29, 1.82) is 0 Å². The van der Waals surface area contributed by atoms with Gasteiger partial charge in [0.25, 0.3) is 5.91 Å². The Labute approximate surface area is 218 Å². The Morgan fingerprint density at radius 2 is 1.92 bits per heavy atom. The van der Waals surface area contributed by atoms with Crippen LogP contribution in [0.25, 0.3) is 17.0 Å². The SMILES string of the molecule is COc1ccc(Cl)c(C(=O)N2CC3CCC2N(Cc2c(-c4ccc(Cl)cc4)nc4ncccn24)C3)n1. The van der Waals surface area contributed by atoms with Crippen LogP contribution in [0.2, 0.25) is 10.0 Å². The number of methoxy groups -OCH3 is 1. The first kappa shape index (κ1) is 23.2. The van der Waals surface area contributed by atoms with Crippen LogP contribution in [0.5, 0.6) is 5.88 Å². The molecule has 0 aliphatic carbocycles. The van der Waals surface area contributed by atoms with E-state index in [1.165, 1.54) is 7.11 Å². The summed E-state index contributed by atoms with van der Waals surface area (Å²) in [6, 6.07) is 12.9. The maximum atomic E-state index is 13.6. The van der Waals surface area contributed by atoms with Gasteiger partial charge in [0.05, 0.1) is 29.7 Å². The largest absolute Gasteiger partial charge is 0.481 e. The van der Waals surface area contributed by atoms with E-state index in [4.69, 9.17) is 32.9 Å². The number of nitrogens with zero attached hydrogens (tertiary/aromatic N) is 6. The molecule has 3 saturated heterocycles. The van der Waals surface area contributed by atoms with E-state index >= 15 is 0 Å². The number of imidazole rings is 1. The smallest absolute Gasteiger partial charge is 0.275 e. The zero-order chi connectivity index (χ0) is 24.8. The number of carbonyl (C=O) groups is 1. The topological polar surface area (TPSA) is 75.9 Å². The van der Waals surface area contributed by atoms with Crippen LogP contribution >= 0.6 is 23.2 Å². The molecule has 2 atom stereocenters. The van der Waals surface area contributed by atoms with Crippen molar-refractivity contribution in [3.63, 3.8) is 0 Å². The number of amides is 1. The number of rotatable bonds is 5. The normalized spacial score (nSPS) is 19.7. The quantitative estimate of drug-likeness (QED) is 0.374. The highest BCUT2D eigenvalue weighted by molar-refractivity contribution is 6.33. The minimum Gasteiger partial charge on any atom is -0.481 e. The van der Waals surface area contributed by atoms with Crippen LogP contribution in [0.15, 0.2) is 54.9 Å². The van der Waals surface area contributed by atoms with E-state index in [1.807, 2.05) is 45.8 Å². The Morgan fingerprint density at radius 1 is 1.08 bits per heavy atom. The van der Waals surface area contributed by atoms with Crippen LogP contribution in [-0.4, -0.2) is 61.4 Å². The second kappa shape index (κ2) is 9.35. The van der Waals surface area contributed by atoms with Crippen molar-refractivity contribution in [2.45, 2.75) is 25.6 Å². The van der Waals surface area contributed by atoms with Gasteiger partial charge >= 0.3 is 0 Å². The molecule has 6 heterocycles. The van der Waals surface area contributed by atoms with Crippen LogP contribution in [0.1, 0.15) is 29.0 Å². The second-order valence-corrected chi connectivity index (χ2v) is 10.0. The van der Waals surface area contributed by atoms with E-state index in [2.05, 4.69) is 14.9 Å². The molecule has 10 heteroatoms. The zero-order valence-electron chi connectivity index (χ0n) is 19.6. The van der Waals surface area contributed by atoms with Gasteiger partial charge in [-0.15, -0.1) is 0 Å². The van der Waals surface area contributed by atoms with Gasteiger partial charge in [-0.25, -0.2) is 15.0 Å². The fraction of sp³-hybridized carbons (Fsp3) is 0.308. The summed E-state index contributed by atoms with van der Waals surface area (Å²) in [5.74, 6) is 1.21. The molecule has 8 nitrogen and oxygen atoms in total. The summed E-state index contributed by atoms with van der Waals surface area (Å²) in [5.41, 5.74) is 3.09. The predicted octanol–water partition coefficient (Wildman–Crippen LogP) is 4.80.